The zero-order valence-corrected chi connectivity index (χ0v) is 21.7. The third kappa shape index (κ3) is 8.76. The van der Waals surface area contributed by atoms with Crippen LogP contribution in [0.15, 0.2) is 97.1 Å². The lowest BCUT2D eigenvalue weighted by Crippen LogP contribution is -2.03. The average Bonchev–Trinajstić information content (AvgIpc) is 2.90. The monoisotopic (exact) mass is 550 g/mol. The number of hydrogen-bond acceptors (Lipinski definition) is 4. The van der Waals surface area contributed by atoms with Gasteiger partial charge in [0.1, 0.15) is 11.5 Å². The summed E-state index contributed by atoms with van der Waals surface area (Å²) in [6, 6.07) is 28.9. The van der Waals surface area contributed by atoms with Gasteiger partial charge in [-0.15, -0.1) is 0 Å². The topological polar surface area (TPSA) is 101 Å². The number of aliphatic carboxylic acids is 2. The second-order valence-corrected chi connectivity index (χ2v) is 8.96. The molecule has 4 aromatic carbocycles. The summed E-state index contributed by atoms with van der Waals surface area (Å²) in [5.41, 5.74) is 3.27. The lowest BCUT2D eigenvalue weighted by Gasteiger charge is -2.11. The molecule has 4 rings (SSSR count). The summed E-state index contributed by atoms with van der Waals surface area (Å²) >= 11 is 11.8. The zero-order chi connectivity index (χ0) is 27.5. The van der Waals surface area contributed by atoms with Crippen LogP contribution in [0.2, 0.25) is 10.0 Å². The molecule has 0 atom stereocenters. The number of halogens is 2. The zero-order valence-electron chi connectivity index (χ0n) is 20.1. The lowest BCUT2D eigenvalue weighted by molar-refractivity contribution is -0.137. The molecule has 0 aliphatic heterocycles. The molecule has 0 aromatic heterocycles. The first-order chi connectivity index (χ1) is 18.2. The predicted molar refractivity (Wildman–Crippen MR) is 147 cm³/mol. The van der Waals surface area contributed by atoms with Gasteiger partial charge in [0.25, 0.3) is 0 Å². The Morgan fingerprint density at radius 2 is 1.29 bits per heavy atom. The molecule has 0 fully saturated rings. The second kappa shape index (κ2) is 14.0. The number of carboxylic acids is 2. The smallest absolute Gasteiger partial charge is 0.307 e. The van der Waals surface area contributed by atoms with E-state index in [1.165, 1.54) is 0 Å². The summed E-state index contributed by atoms with van der Waals surface area (Å²) in [6.45, 7) is 0. The van der Waals surface area contributed by atoms with E-state index in [1.54, 1.807) is 54.6 Å². The minimum atomic E-state index is -0.950. The molecule has 8 heteroatoms. The molecule has 0 unspecified atom stereocenters. The second-order valence-electron chi connectivity index (χ2n) is 8.12. The predicted octanol–water partition coefficient (Wildman–Crippen LogP) is 7.81. The van der Waals surface area contributed by atoms with Crippen molar-refractivity contribution in [1.29, 1.82) is 0 Å². The molecule has 0 saturated carbocycles. The Hall–Kier alpha value is -4.13. The molecule has 0 bridgehead atoms. The molecule has 4 aromatic rings. The highest BCUT2D eigenvalue weighted by Crippen LogP contribution is 2.33. The van der Waals surface area contributed by atoms with E-state index in [4.69, 9.17) is 38.2 Å². The van der Waals surface area contributed by atoms with Crippen LogP contribution < -0.4 is 4.74 Å². The third-order valence-electron chi connectivity index (χ3n) is 5.31. The van der Waals surface area contributed by atoms with Gasteiger partial charge < -0.3 is 14.9 Å². The summed E-state index contributed by atoms with van der Waals surface area (Å²) in [4.78, 5) is 32.9. The van der Waals surface area contributed by atoms with Crippen molar-refractivity contribution in [1.82, 2.24) is 0 Å². The van der Waals surface area contributed by atoms with Crippen LogP contribution in [0.3, 0.4) is 0 Å². The number of carboxylic acid groups (broad SMARTS) is 2. The minimum Gasteiger partial charge on any atom is -0.481 e. The molecular weight excluding hydrogens is 527 g/mol. The van der Waals surface area contributed by atoms with E-state index in [1.807, 2.05) is 42.5 Å². The van der Waals surface area contributed by atoms with Crippen LogP contribution in [-0.2, 0) is 16.0 Å². The Balaban J connectivity index is 0.000000211. The van der Waals surface area contributed by atoms with Crippen molar-refractivity contribution in [2.45, 2.75) is 19.3 Å². The number of carbonyl (C=O) groups is 3. The Morgan fingerprint density at radius 3 is 1.92 bits per heavy atom. The van der Waals surface area contributed by atoms with E-state index >= 15 is 0 Å². The fourth-order valence-electron chi connectivity index (χ4n) is 3.43. The van der Waals surface area contributed by atoms with Gasteiger partial charge in [0.15, 0.2) is 5.78 Å². The SMILES string of the molecule is O=C(O)CCC(=O)c1ccc(-c2ccccc2)cc1.O=C(O)Cc1ccccc1Oc1ccc(Cl)cc1Cl. The lowest BCUT2D eigenvalue weighted by atomic mass is 10.0. The maximum absolute atomic E-state index is 11.7. The molecule has 0 amide bonds. The summed E-state index contributed by atoms with van der Waals surface area (Å²) in [5.74, 6) is -1.10. The van der Waals surface area contributed by atoms with E-state index in [9.17, 15) is 14.4 Å². The number of para-hydroxylation sites is 1. The largest absolute Gasteiger partial charge is 0.481 e. The maximum Gasteiger partial charge on any atom is 0.307 e. The van der Waals surface area contributed by atoms with Crippen LogP contribution in [0.4, 0.5) is 0 Å². The Kier molecular flexibility index (Phi) is 10.5. The molecule has 38 heavy (non-hydrogen) atoms. The van der Waals surface area contributed by atoms with E-state index in [2.05, 4.69) is 0 Å². The van der Waals surface area contributed by atoms with E-state index in [-0.39, 0.29) is 25.0 Å². The van der Waals surface area contributed by atoms with Gasteiger partial charge in [-0.05, 0) is 35.4 Å². The van der Waals surface area contributed by atoms with Crippen molar-refractivity contribution in [3.05, 3.63) is 118 Å². The molecule has 0 aliphatic carbocycles. The van der Waals surface area contributed by atoms with Gasteiger partial charge in [-0.3, -0.25) is 14.4 Å². The van der Waals surface area contributed by atoms with Gasteiger partial charge >= 0.3 is 11.9 Å². The van der Waals surface area contributed by atoms with Crippen LogP contribution in [0.1, 0.15) is 28.8 Å². The molecule has 0 radical (unpaired) electrons. The quantitative estimate of drug-likeness (QED) is 0.206. The molecule has 2 N–H and O–H groups in total. The van der Waals surface area contributed by atoms with Crippen molar-refractivity contribution in [2.24, 2.45) is 0 Å². The molecule has 6 nitrogen and oxygen atoms in total. The molecule has 0 aliphatic rings. The van der Waals surface area contributed by atoms with Crippen molar-refractivity contribution >= 4 is 40.9 Å². The van der Waals surface area contributed by atoms with Gasteiger partial charge in [0.2, 0.25) is 0 Å². The van der Waals surface area contributed by atoms with E-state index in [0.717, 1.165) is 11.1 Å². The number of ether oxygens (including phenoxy) is 1. The van der Waals surface area contributed by atoms with Crippen molar-refractivity contribution in [3.63, 3.8) is 0 Å². The van der Waals surface area contributed by atoms with E-state index in [0.29, 0.717) is 32.7 Å². The molecule has 0 heterocycles. The Bertz CT molecular complexity index is 1400. The highest BCUT2D eigenvalue weighted by molar-refractivity contribution is 6.35. The molecule has 194 valence electrons. The van der Waals surface area contributed by atoms with Crippen LogP contribution >= 0.6 is 23.2 Å². The standard InChI is InChI=1S/C16H14O3.C14H10Cl2O3/c17-15(10-11-16(18)19)14-8-6-13(7-9-14)12-4-2-1-3-5-12;15-10-5-6-13(11(16)8-10)19-12-4-2-1-3-9(12)7-14(17)18/h1-9H,10-11H2,(H,18,19);1-6,8H,7H2,(H,17,18). The summed E-state index contributed by atoms with van der Waals surface area (Å²) < 4.78 is 5.64. The normalized spacial score (nSPS) is 10.2. The molecular formula is C30H24Cl2O6. The van der Waals surface area contributed by atoms with Gasteiger partial charge in [-0.1, -0.05) is 96.0 Å². The van der Waals surface area contributed by atoms with Gasteiger partial charge in [0.05, 0.1) is 17.9 Å². The Morgan fingerprint density at radius 1 is 0.658 bits per heavy atom. The third-order valence-corrected chi connectivity index (χ3v) is 5.84. The van der Waals surface area contributed by atoms with Crippen LogP contribution in [0.25, 0.3) is 11.1 Å². The summed E-state index contributed by atoms with van der Waals surface area (Å²) in [6.07, 6.45) is -0.194. The number of carbonyl (C=O) groups excluding carboxylic acids is 1. The number of benzene rings is 4. The highest BCUT2D eigenvalue weighted by atomic mass is 35.5. The summed E-state index contributed by atoms with van der Waals surface area (Å²) in [5, 5.41) is 18.3. The highest BCUT2D eigenvalue weighted by Gasteiger charge is 2.11. The number of Topliss-reactive ketones (excluding diaryl/α,β-unsaturated/α-hetero) is 1. The fraction of sp³-hybridized carbons (Fsp3) is 0.100. The minimum absolute atomic E-state index is 0.0417. The fourth-order valence-corrected chi connectivity index (χ4v) is 3.88. The van der Waals surface area contributed by atoms with Crippen molar-refractivity contribution in [2.75, 3.05) is 0 Å². The van der Waals surface area contributed by atoms with Crippen LogP contribution in [0, 0.1) is 0 Å². The number of hydrogen-bond donors (Lipinski definition) is 2. The first-order valence-corrected chi connectivity index (χ1v) is 12.3. The van der Waals surface area contributed by atoms with E-state index < -0.39 is 11.9 Å². The van der Waals surface area contributed by atoms with Crippen molar-refractivity contribution < 1.29 is 29.3 Å². The van der Waals surface area contributed by atoms with Crippen LogP contribution in [0.5, 0.6) is 11.5 Å². The van der Waals surface area contributed by atoms with Gasteiger partial charge in [0, 0.05) is 22.6 Å². The number of ketones is 1. The average molecular weight is 551 g/mol. The first kappa shape index (κ1) is 28.4. The number of rotatable bonds is 9. The Labute approximate surface area is 230 Å². The van der Waals surface area contributed by atoms with Crippen molar-refractivity contribution in [3.8, 4) is 22.6 Å². The summed E-state index contributed by atoms with van der Waals surface area (Å²) in [7, 11) is 0. The molecule has 0 saturated heterocycles. The van der Waals surface area contributed by atoms with Crippen LogP contribution in [-0.4, -0.2) is 27.9 Å². The first-order valence-electron chi connectivity index (χ1n) is 11.6. The van der Waals surface area contributed by atoms with Gasteiger partial charge in [-0.25, -0.2) is 0 Å². The molecule has 0 spiro atoms. The maximum atomic E-state index is 11.7. The van der Waals surface area contributed by atoms with Gasteiger partial charge in [-0.2, -0.15) is 0 Å².